The van der Waals surface area contributed by atoms with Crippen LogP contribution in [0.25, 0.3) is 0 Å². The largest absolute Gasteiger partial charge is 0.390 e. The molecule has 1 aliphatic heterocycles. The summed E-state index contributed by atoms with van der Waals surface area (Å²) in [4.78, 5) is 26.3. The van der Waals surface area contributed by atoms with Gasteiger partial charge in [0.15, 0.2) is 0 Å². The van der Waals surface area contributed by atoms with Gasteiger partial charge in [0.25, 0.3) is 11.8 Å². The molecule has 22 heavy (non-hydrogen) atoms. The number of aliphatic hydroxyl groups excluding tert-OH is 1. The third kappa shape index (κ3) is 1.74. The highest BCUT2D eigenvalue weighted by atomic mass is 35.5. The van der Waals surface area contributed by atoms with Crippen LogP contribution in [0.4, 0.5) is 0 Å². The van der Waals surface area contributed by atoms with Crippen molar-refractivity contribution in [3.8, 4) is 0 Å². The van der Waals surface area contributed by atoms with Gasteiger partial charge in [0.05, 0.1) is 23.3 Å². The lowest BCUT2D eigenvalue weighted by molar-refractivity contribution is 0.0382. The fourth-order valence-corrected chi connectivity index (χ4v) is 3.55. The van der Waals surface area contributed by atoms with Gasteiger partial charge in [-0.15, -0.1) is 0 Å². The van der Waals surface area contributed by atoms with Gasteiger partial charge in [-0.3, -0.25) is 14.5 Å². The van der Waals surface area contributed by atoms with Crippen molar-refractivity contribution < 1.29 is 14.7 Å². The summed E-state index contributed by atoms with van der Waals surface area (Å²) in [6.45, 7) is 0. The lowest BCUT2D eigenvalue weighted by atomic mass is 10.1. The Morgan fingerprint density at radius 1 is 1.05 bits per heavy atom. The zero-order valence-corrected chi connectivity index (χ0v) is 12.2. The smallest absolute Gasteiger partial charge is 0.262 e. The normalized spacial score (nSPS) is 22.9. The number of nitrogens with zero attached hydrogens (tertiary/aromatic N) is 1. The van der Waals surface area contributed by atoms with E-state index in [0.29, 0.717) is 22.6 Å². The second-order valence-electron chi connectivity index (χ2n) is 5.59. The predicted octanol–water partition coefficient (Wildman–Crippen LogP) is 2.59. The van der Waals surface area contributed by atoms with Crippen molar-refractivity contribution in [1.82, 2.24) is 4.90 Å². The first-order valence-corrected chi connectivity index (χ1v) is 7.39. The fraction of sp³-hybridized carbons (Fsp3) is 0.176. The first-order valence-electron chi connectivity index (χ1n) is 7.01. The van der Waals surface area contributed by atoms with Crippen molar-refractivity contribution in [3.63, 3.8) is 0 Å². The molecule has 2 aromatic rings. The van der Waals surface area contributed by atoms with Gasteiger partial charge in [-0.05, 0) is 35.4 Å². The molecule has 0 aromatic heterocycles. The molecule has 0 bridgehead atoms. The molecule has 0 unspecified atom stereocenters. The molecule has 0 fully saturated rings. The molecule has 0 radical (unpaired) electrons. The minimum Gasteiger partial charge on any atom is -0.390 e. The van der Waals surface area contributed by atoms with Crippen LogP contribution in [-0.2, 0) is 6.42 Å². The molecule has 5 heteroatoms. The van der Waals surface area contributed by atoms with E-state index in [0.717, 1.165) is 11.1 Å². The molecule has 0 spiro atoms. The number of benzene rings is 2. The molecule has 0 saturated carbocycles. The second-order valence-corrected chi connectivity index (χ2v) is 6.02. The molecule has 2 aliphatic rings. The lowest BCUT2D eigenvalue weighted by Gasteiger charge is -2.25. The summed E-state index contributed by atoms with van der Waals surface area (Å²) in [5.41, 5.74) is 2.44. The number of carbonyl (C=O) groups is 2. The van der Waals surface area contributed by atoms with Gasteiger partial charge in [-0.25, -0.2) is 0 Å². The van der Waals surface area contributed by atoms with Gasteiger partial charge in [-0.2, -0.15) is 0 Å². The fourth-order valence-electron chi connectivity index (χ4n) is 3.36. The van der Waals surface area contributed by atoms with Gasteiger partial charge in [0, 0.05) is 11.4 Å². The molecule has 1 aliphatic carbocycles. The number of hydrogen-bond acceptors (Lipinski definition) is 3. The highest BCUT2D eigenvalue weighted by Crippen LogP contribution is 2.41. The van der Waals surface area contributed by atoms with Crippen LogP contribution in [-0.4, -0.2) is 27.9 Å². The Morgan fingerprint density at radius 3 is 2.32 bits per heavy atom. The summed E-state index contributed by atoms with van der Waals surface area (Å²) in [6, 6.07) is 11.3. The summed E-state index contributed by atoms with van der Waals surface area (Å²) in [5, 5.41) is 11.0. The van der Waals surface area contributed by atoms with Gasteiger partial charge in [0.2, 0.25) is 0 Å². The molecule has 4 nitrogen and oxygen atoms in total. The van der Waals surface area contributed by atoms with E-state index in [2.05, 4.69) is 0 Å². The van der Waals surface area contributed by atoms with E-state index < -0.39 is 12.1 Å². The monoisotopic (exact) mass is 313 g/mol. The van der Waals surface area contributed by atoms with Crippen molar-refractivity contribution in [1.29, 1.82) is 0 Å². The van der Waals surface area contributed by atoms with E-state index in [1.807, 2.05) is 0 Å². The standard InChI is InChI=1S/C17H12ClNO3/c18-10-5-6-11-9(7-10)8-14(20)15(11)19-16(21)12-3-1-2-4-13(12)17(19)22/h1-7,14-15,20H,8H2/t14-,15-/m1/s1. The number of amides is 2. The summed E-state index contributed by atoms with van der Waals surface area (Å²) in [5.74, 6) is -0.708. The zero-order valence-electron chi connectivity index (χ0n) is 11.5. The van der Waals surface area contributed by atoms with Gasteiger partial charge in [-0.1, -0.05) is 29.8 Å². The maximum absolute atomic E-state index is 12.6. The van der Waals surface area contributed by atoms with Crippen LogP contribution in [0.1, 0.15) is 37.9 Å². The quantitative estimate of drug-likeness (QED) is 0.823. The summed E-state index contributed by atoms with van der Waals surface area (Å²) in [6.07, 6.45) is -0.427. The molecule has 2 aromatic carbocycles. The molecule has 0 saturated heterocycles. The van der Waals surface area contributed by atoms with E-state index >= 15 is 0 Å². The Labute approximate surface area is 131 Å². The number of halogens is 1. The molecule has 110 valence electrons. The number of aliphatic hydroxyl groups is 1. The zero-order chi connectivity index (χ0) is 15.4. The molecular weight excluding hydrogens is 302 g/mol. The van der Waals surface area contributed by atoms with E-state index in [1.54, 1.807) is 42.5 Å². The maximum Gasteiger partial charge on any atom is 0.262 e. The van der Waals surface area contributed by atoms with Crippen molar-refractivity contribution in [2.24, 2.45) is 0 Å². The van der Waals surface area contributed by atoms with Crippen LogP contribution in [0.3, 0.4) is 0 Å². The van der Waals surface area contributed by atoms with Crippen molar-refractivity contribution in [3.05, 3.63) is 69.7 Å². The summed E-state index contributed by atoms with van der Waals surface area (Å²) >= 11 is 5.98. The predicted molar refractivity (Wildman–Crippen MR) is 80.8 cm³/mol. The first kappa shape index (κ1) is 13.5. The molecule has 4 rings (SSSR count). The number of hydrogen-bond donors (Lipinski definition) is 1. The van der Waals surface area contributed by atoms with Crippen molar-refractivity contribution >= 4 is 23.4 Å². The van der Waals surface area contributed by atoms with Crippen molar-refractivity contribution in [2.75, 3.05) is 0 Å². The number of fused-ring (bicyclic) bond motifs is 2. The third-order valence-electron chi connectivity index (χ3n) is 4.32. The summed E-state index contributed by atoms with van der Waals surface area (Å²) in [7, 11) is 0. The molecule has 2 amide bonds. The van der Waals surface area contributed by atoms with Gasteiger partial charge in [0.1, 0.15) is 0 Å². The van der Waals surface area contributed by atoms with Crippen LogP contribution in [0.15, 0.2) is 42.5 Å². The minimum atomic E-state index is -0.810. The van der Waals surface area contributed by atoms with E-state index in [9.17, 15) is 14.7 Å². The number of carbonyl (C=O) groups excluding carboxylic acids is 2. The Balaban J connectivity index is 1.82. The Morgan fingerprint density at radius 2 is 1.68 bits per heavy atom. The van der Waals surface area contributed by atoms with Crippen LogP contribution in [0.5, 0.6) is 0 Å². The highest BCUT2D eigenvalue weighted by Gasteiger charge is 2.46. The maximum atomic E-state index is 12.6. The highest BCUT2D eigenvalue weighted by molar-refractivity contribution is 6.30. The summed E-state index contributed by atoms with van der Waals surface area (Å²) < 4.78 is 0. The Bertz CT molecular complexity index is 782. The Hall–Kier alpha value is -2.17. The van der Waals surface area contributed by atoms with Crippen LogP contribution >= 0.6 is 11.6 Å². The minimum absolute atomic E-state index is 0.354. The average Bonchev–Trinajstić information content (AvgIpc) is 2.94. The first-order chi connectivity index (χ1) is 10.6. The van der Waals surface area contributed by atoms with E-state index in [1.165, 1.54) is 4.90 Å². The number of rotatable bonds is 1. The molecular formula is C17H12ClNO3. The van der Waals surface area contributed by atoms with Crippen molar-refractivity contribution in [2.45, 2.75) is 18.6 Å². The third-order valence-corrected chi connectivity index (χ3v) is 4.56. The molecule has 1 heterocycles. The van der Waals surface area contributed by atoms with E-state index in [-0.39, 0.29) is 11.8 Å². The lowest BCUT2D eigenvalue weighted by Crippen LogP contribution is -2.38. The van der Waals surface area contributed by atoms with Crippen LogP contribution in [0.2, 0.25) is 5.02 Å². The van der Waals surface area contributed by atoms with Gasteiger partial charge < -0.3 is 5.11 Å². The molecule has 2 atom stereocenters. The Kier molecular flexibility index (Phi) is 2.86. The van der Waals surface area contributed by atoms with Crippen LogP contribution < -0.4 is 0 Å². The van der Waals surface area contributed by atoms with Crippen LogP contribution in [0, 0.1) is 0 Å². The SMILES string of the molecule is O=C1c2ccccc2C(=O)N1[C@@H]1c2ccc(Cl)cc2C[C@H]1O. The second kappa shape index (κ2) is 4.66. The number of imide groups is 1. The average molecular weight is 314 g/mol. The topological polar surface area (TPSA) is 57.6 Å². The molecule has 1 N–H and O–H groups in total. The van der Waals surface area contributed by atoms with Gasteiger partial charge >= 0.3 is 0 Å². The van der Waals surface area contributed by atoms with E-state index in [4.69, 9.17) is 11.6 Å².